The highest BCUT2D eigenvalue weighted by molar-refractivity contribution is 6.10. The third-order valence-corrected chi connectivity index (χ3v) is 7.08. The van der Waals surface area contributed by atoms with Crippen LogP contribution in [0.2, 0.25) is 0 Å². The second kappa shape index (κ2) is 8.99. The number of benzene rings is 2. The quantitative estimate of drug-likeness (QED) is 0.278. The molecular formula is C29H28N6O4. The van der Waals surface area contributed by atoms with Gasteiger partial charge in [0.25, 0.3) is 0 Å². The van der Waals surface area contributed by atoms with Crippen molar-refractivity contribution >= 4 is 34.1 Å². The van der Waals surface area contributed by atoms with E-state index < -0.39 is 11.0 Å². The van der Waals surface area contributed by atoms with E-state index in [1.165, 1.54) is 0 Å². The van der Waals surface area contributed by atoms with Crippen molar-refractivity contribution in [1.82, 2.24) is 20.2 Å². The molecule has 3 heterocycles. The molecule has 0 unspecified atom stereocenters. The van der Waals surface area contributed by atoms with E-state index in [2.05, 4.69) is 42.6 Å². The summed E-state index contributed by atoms with van der Waals surface area (Å²) in [6.45, 7) is 5.50. The van der Waals surface area contributed by atoms with Crippen LogP contribution in [0.3, 0.4) is 0 Å². The van der Waals surface area contributed by atoms with Gasteiger partial charge in [0.05, 0.1) is 30.8 Å². The third-order valence-electron chi connectivity index (χ3n) is 7.08. The molecule has 0 bridgehead atoms. The number of nitrogens with zero attached hydrogens (tertiary/aromatic N) is 3. The molecule has 2 aliphatic rings. The Morgan fingerprint density at radius 2 is 2.08 bits per heavy atom. The number of aromatic nitrogens is 4. The first kappa shape index (κ1) is 24.7. The van der Waals surface area contributed by atoms with Crippen LogP contribution in [0.15, 0.2) is 42.6 Å². The summed E-state index contributed by atoms with van der Waals surface area (Å²) in [5, 5.41) is 24.6. The minimum absolute atomic E-state index is 0.0264. The Kier molecular flexibility index (Phi) is 5.70. The molecule has 2 atom stereocenters. The number of carbonyl (C=O) groups is 1. The van der Waals surface area contributed by atoms with Gasteiger partial charge in [0.15, 0.2) is 17.4 Å². The maximum atomic E-state index is 13.1. The number of aromatic amines is 1. The molecule has 10 nitrogen and oxygen atoms in total. The zero-order valence-corrected chi connectivity index (χ0v) is 22.0. The first-order valence-corrected chi connectivity index (χ1v) is 12.7. The molecule has 2 aromatic carbocycles. The van der Waals surface area contributed by atoms with Gasteiger partial charge in [0, 0.05) is 17.0 Å². The van der Waals surface area contributed by atoms with Gasteiger partial charge < -0.3 is 25.2 Å². The van der Waals surface area contributed by atoms with Crippen LogP contribution in [0, 0.1) is 11.8 Å². The first-order valence-electron chi connectivity index (χ1n) is 12.7. The summed E-state index contributed by atoms with van der Waals surface area (Å²) in [5.41, 5.74) is 1.98. The van der Waals surface area contributed by atoms with Crippen molar-refractivity contribution in [2.45, 2.75) is 44.1 Å². The molecule has 1 saturated carbocycles. The number of hydrogen-bond acceptors (Lipinski definition) is 8. The van der Waals surface area contributed by atoms with E-state index in [1.54, 1.807) is 27.2 Å². The molecule has 4 aromatic rings. The smallest absolute Gasteiger partial charge is 0.235 e. The van der Waals surface area contributed by atoms with Gasteiger partial charge in [-0.2, -0.15) is 10.1 Å². The van der Waals surface area contributed by atoms with E-state index >= 15 is 0 Å². The summed E-state index contributed by atoms with van der Waals surface area (Å²) >= 11 is 0. The highest BCUT2D eigenvalue weighted by Crippen LogP contribution is 2.65. The third kappa shape index (κ3) is 4.30. The molecule has 1 fully saturated rings. The molecule has 2 aromatic heterocycles. The zero-order valence-electron chi connectivity index (χ0n) is 22.0. The second-order valence-electron chi connectivity index (χ2n) is 10.2. The van der Waals surface area contributed by atoms with Gasteiger partial charge in [-0.05, 0) is 74.6 Å². The van der Waals surface area contributed by atoms with Crippen LogP contribution in [-0.2, 0) is 10.2 Å². The summed E-state index contributed by atoms with van der Waals surface area (Å²) in [7, 11) is 1.63. The number of aliphatic hydroxyl groups is 1. The standard InChI is InChI=1S/C29H28N6O4/c1-5-39-23-15-30-24(10-11-28(2,3)37)32-26(23)33-25-18-8-6-16(12-22(18)34-35-25)20-14-29(20)19-13-17(38-4)7-9-21(19)31-27(29)36/h6-9,12-13,15,20,37H,5,14H2,1-4H3,(H,31,36)(H2,30,32,33,34,35)/t20-,29-/m0/s1. The number of H-pyrrole nitrogens is 1. The Bertz CT molecular complexity index is 1680. The van der Waals surface area contributed by atoms with E-state index in [0.717, 1.165) is 39.9 Å². The van der Waals surface area contributed by atoms with Crippen LogP contribution in [0.4, 0.5) is 17.3 Å². The van der Waals surface area contributed by atoms with Crippen molar-refractivity contribution in [3.8, 4) is 23.3 Å². The van der Waals surface area contributed by atoms with Crippen LogP contribution in [0.25, 0.3) is 10.9 Å². The second-order valence-corrected chi connectivity index (χ2v) is 10.2. The molecule has 6 rings (SSSR count). The van der Waals surface area contributed by atoms with Gasteiger partial charge in [-0.25, -0.2) is 4.98 Å². The number of carbonyl (C=O) groups excluding carboxylic acids is 1. The van der Waals surface area contributed by atoms with Crippen molar-refractivity contribution in [3.63, 3.8) is 0 Å². The van der Waals surface area contributed by atoms with Crippen molar-refractivity contribution in [3.05, 3.63) is 59.5 Å². The maximum Gasteiger partial charge on any atom is 0.235 e. The fourth-order valence-electron chi connectivity index (χ4n) is 5.15. The van der Waals surface area contributed by atoms with Crippen LogP contribution in [-0.4, -0.2) is 50.5 Å². The van der Waals surface area contributed by atoms with Gasteiger partial charge in [-0.1, -0.05) is 12.0 Å². The van der Waals surface area contributed by atoms with E-state index in [1.807, 2.05) is 43.3 Å². The minimum Gasteiger partial charge on any atom is -0.497 e. The van der Waals surface area contributed by atoms with Gasteiger partial charge in [0.1, 0.15) is 11.4 Å². The largest absolute Gasteiger partial charge is 0.497 e. The van der Waals surface area contributed by atoms with Crippen molar-refractivity contribution in [1.29, 1.82) is 0 Å². The molecule has 1 amide bonds. The summed E-state index contributed by atoms with van der Waals surface area (Å²) in [6, 6.07) is 11.8. The average molecular weight is 525 g/mol. The zero-order chi connectivity index (χ0) is 27.4. The topological polar surface area (TPSA) is 134 Å². The van der Waals surface area contributed by atoms with Crippen LogP contribution in [0.1, 0.15) is 50.1 Å². The number of hydrogen-bond donors (Lipinski definition) is 4. The predicted molar refractivity (Wildman–Crippen MR) is 146 cm³/mol. The number of nitrogens with one attached hydrogen (secondary N) is 3. The van der Waals surface area contributed by atoms with Crippen LogP contribution in [0.5, 0.6) is 11.5 Å². The fourth-order valence-corrected chi connectivity index (χ4v) is 5.15. The Labute approximate surface area is 225 Å². The van der Waals surface area contributed by atoms with E-state index in [4.69, 9.17) is 9.47 Å². The summed E-state index contributed by atoms with van der Waals surface area (Å²) in [4.78, 5) is 21.8. The van der Waals surface area contributed by atoms with Gasteiger partial charge in [-0.15, -0.1) is 0 Å². The monoisotopic (exact) mass is 524 g/mol. The Hall–Kier alpha value is -4.62. The number of fused-ring (bicyclic) bond motifs is 3. The number of ether oxygens (including phenoxy) is 2. The highest BCUT2D eigenvalue weighted by atomic mass is 16.5. The van der Waals surface area contributed by atoms with E-state index in [9.17, 15) is 9.90 Å². The van der Waals surface area contributed by atoms with Gasteiger partial charge in [0.2, 0.25) is 11.7 Å². The lowest BCUT2D eigenvalue weighted by molar-refractivity contribution is -0.118. The van der Waals surface area contributed by atoms with Crippen LogP contribution >= 0.6 is 0 Å². The summed E-state index contributed by atoms with van der Waals surface area (Å²) in [6.07, 6.45) is 2.28. The molecule has 4 N–H and O–H groups in total. The maximum absolute atomic E-state index is 13.1. The molecule has 0 radical (unpaired) electrons. The van der Waals surface area contributed by atoms with Crippen molar-refractivity contribution in [2.75, 3.05) is 24.4 Å². The van der Waals surface area contributed by atoms with Crippen molar-refractivity contribution < 1.29 is 19.4 Å². The lowest BCUT2D eigenvalue weighted by Crippen LogP contribution is -2.21. The number of rotatable bonds is 6. The summed E-state index contributed by atoms with van der Waals surface area (Å²) in [5.74, 6) is 8.02. The van der Waals surface area contributed by atoms with Crippen molar-refractivity contribution in [2.24, 2.45) is 0 Å². The van der Waals surface area contributed by atoms with Gasteiger partial charge in [-0.3, -0.25) is 9.89 Å². The molecular weight excluding hydrogens is 496 g/mol. The molecule has 198 valence electrons. The van der Waals surface area contributed by atoms with Gasteiger partial charge >= 0.3 is 0 Å². The SMILES string of the molecule is CCOc1cnc(C#CC(C)(C)O)nc1Nc1n[nH]c2cc([C@@H]3C[C@@]34C(=O)Nc3ccc(OC)cc34)ccc12. The lowest BCUT2D eigenvalue weighted by atomic mass is 9.91. The minimum atomic E-state index is -1.17. The Morgan fingerprint density at radius 1 is 1.23 bits per heavy atom. The van der Waals surface area contributed by atoms with Crippen LogP contribution < -0.4 is 20.1 Å². The molecule has 1 aliphatic carbocycles. The molecule has 1 spiro atoms. The Balaban J connectivity index is 1.30. The molecule has 1 aliphatic heterocycles. The number of anilines is 3. The molecule has 0 saturated heterocycles. The Morgan fingerprint density at radius 3 is 2.85 bits per heavy atom. The molecule has 10 heteroatoms. The normalized spacial score (nSPS) is 19.3. The predicted octanol–water partition coefficient (Wildman–Crippen LogP) is 4.00. The number of methoxy groups -OCH3 is 1. The van der Waals surface area contributed by atoms with E-state index in [0.29, 0.717) is 24.0 Å². The first-order chi connectivity index (χ1) is 18.7. The fraction of sp³-hybridized carbons (Fsp3) is 0.310. The highest BCUT2D eigenvalue weighted by Gasteiger charge is 2.65. The molecule has 39 heavy (non-hydrogen) atoms. The summed E-state index contributed by atoms with van der Waals surface area (Å²) < 4.78 is 11.1. The average Bonchev–Trinajstić information content (AvgIpc) is 3.46. The number of amides is 1. The lowest BCUT2D eigenvalue weighted by Gasteiger charge is -2.11. The van der Waals surface area contributed by atoms with E-state index in [-0.39, 0.29) is 17.6 Å².